The van der Waals surface area contributed by atoms with Crippen LogP contribution in [0.2, 0.25) is 0 Å². The fourth-order valence-corrected chi connectivity index (χ4v) is 2.25. The van der Waals surface area contributed by atoms with Gasteiger partial charge in [-0.25, -0.2) is 0 Å². The Labute approximate surface area is 144 Å². The summed E-state index contributed by atoms with van der Waals surface area (Å²) in [4.78, 5) is 16.1. The van der Waals surface area contributed by atoms with Crippen LogP contribution >= 0.6 is 0 Å². The molecule has 2 heterocycles. The number of pyridine rings is 1. The summed E-state index contributed by atoms with van der Waals surface area (Å²) >= 11 is 0. The molecule has 1 aromatic heterocycles. The van der Waals surface area contributed by atoms with Crippen LogP contribution in [-0.4, -0.2) is 17.7 Å². The Morgan fingerprint density at radius 1 is 1.24 bits per heavy atom. The fraction of sp³-hybridized carbons (Fsp3) is 0.167. The first kappa shape index (κ1) is 16.3. The smallest absolute Gasteiger partial charge is 0.263 e. The number of rotatable bonds is 6. The largest absolute Gasteiger partial charge is 0.454 e. The number of nitrogens with zero attached hydrogens (tertiary/aromatic N) is 2. The number of carbonyl (C=O) groups is 1. The normalized spacial score (nSPS) is 12.4. The zero-order valence-electron chi connectivity index (χ0n) is 13.4. The zero-order chi connectivity index (χ0) is 17.5. The Kier molecular flexibility index (Phi) is 5.12. The van der Waals surface area contributed by atoms with E-state index in [4.69, 9.17) is 14.7 Å². The Morgan fingerprint density at radius 2 is 2.12 bits per heavy atom. The maximum Gasteiger partial charge on any atom is 0.263 e. The van der Waals surface area contributed by atoms with Gasteiger partial charge in [-0.05, 0) is 29.3 Å². The minimum atomic E-state index is -0.446. The molecule has 0 unspecified atom stereocenters. The van der Waals surface area contributed by atoms with Crippen LogP contribution in [0, 0.1) is 11.3 Å². The molecule has 1 amide bonds. The summed E-state index contributed by atoms with van der Waals surface area (Å²) in [6.45, 7) is 0.973. The molecule has 1 aliphatic heterocycles. The highest BCUT2D eigenvalue weighted by Gasteiger charge is 2.14. The van der Waals surface area contributed by atoms with Crippen LogP contribution in [-0.2, 0) is 17.9 Å². The van der Waals surface area contributed by atoms with Crippen molar-refractivity contribution in [1.29, 1.82) is 5.26 Å². The molecule has 0 bridgehead atoms. The highest BCUT2D eigenvalue weighted by atomic mass is 16.7. The summed E-state index contributed by atoms with van der Waals surface area (Å²) in [5.41, 5.74) is 1.82. The molecular weight excluding hydrogens is 320 g/mol. The molecule has 0 atom stereocenters. The van der Waals surface area contributed by atoms with Gasteiger partial charge in [0.1, 0.15) is 11.6 Å². The third-order valence-electron chi connectivity index (χ3n) is 3.53. The average molecular weight is 336 g/mol. The monoisotopic (exact) mass is 336 g/mol. The second kappa shape index (κ2) is 7.84. The molecule has 0 aliphatic carbocycles. The van der Waals surface area contributed by atoms with Crippen molar-refractivity contribution in [3.05, 3.63) is 65.6 Å². The molecule has 1 aromatic carbocycles. The van der Waals surface area contributed by atoms with Gasteiger partial charge in [0.2, 0.25) is 6.79 Å². The second-order valence-corrected chi connectivity index (χ2v) is 5.28. The Hall–Kier alpha value is -3.53. The second-order valence-electron chi connectivity index (χ2n) is 5.28. The van der Waals surface area contributed by atoms with Gasteiger partial charge in [-0.15, -0.1) is 0 Å². The fourth-order valence-electron chi connectivity index (χ4n) is 2.25. The van der Waals surface area contributed by atoms with Crippen molar-refractivity contribution in [3.63, 3.8) is 0 Å². The van der Waals surface area contributed by atoms with Crippen molar-refractivity contribution in [2.75, 3.05) is 6.79 Å². The highest BCUT2D eigenvalue weighted by Crippen LogP contribution is 2.32. The number of nitrogens with one attached hydrogen (secondary N) is 2. The van der Waals surface area contributed by atoms with Crippen LogP contribution < -0.4 is 20.1 Å². The minimum Gasteiger partial charge on any atom is -0.454 e. The first-order valence-corrected chi connectivity index (χ1v) is 7.65. The molecule has 7 heteroatoms. The SMILES string of the molecule is N#C/C(=C/NCc1cccnc1)C(=O)NCc1ccc2c(c1)OCO2. The van der Waals surface area contributed by atoms with E-state index in [1.165, 1.54) is 6.20 Å². The third kappa shape index (κ3) is 4.26. The number of aromatic nitrogens is 1. The molecule has 0 spiro atoms. The van der Waals surface area contributed by atoms with E-state index in [-0.39, 0.29) is 18.9 Å². The van der Waals surface area contributed by atoms with Crippen molar-refractivity contribution >= 4 is 5.91 Å². The number of benzene rings is 1. The van der Waals surface area contributed by atoms with Crippen LogP contribution in [0.4, 0.5) is 0 Å². The third-order valence-corrected chi connectivity index (χ3v) is 3.53. The van der Waals surface area contributed by atoms with E-state index in [9.17, 15) is 4.79 Å². The molecule has 25 heavy (non-hydrogen) atoms. The Morgan fingerprint density at radius 3 is 2.92 bits per heavy atom. The lowest BCUT2D eigenvalue weighted by Gasteiger charge is -2.06. The van der Waals surface area contributed by atoms with E-state index < -0.39 is 5.91 Å². The van der Waals surface area contributed by atoms with Crippen LogP contribution in [0.15, 0.2) is 54.5 Å². The summed E-state index contributed by atoms with van der Waals surface area (Å²) in [6.07, 6.45) is 4.80. The number of amides is 1. The molecule has 0 fully saturated rings. The number of carbonyl (C=O) groups excluding carboxylic acids is 1. The van der Waals surface area contributed by atoms with E-state index >= 15 is 0 Å². The number of nitriles is 1. The molecule has 2 N–H and O–H groups in total. The molecule has 1 aliphatic rings. The average Bonchev–Trinajstić information content (AvgIpc) is 3.12. The summed E-state index contributed by atoms with van der Waals surface area (Å²) in [5.74, 6) is 0.895. The van der Waals surface area contributed by atoms with Gasteiger partial charge in [-0.2, -0.15) is 5.26 Å². The first-order valence-electron chi connectivity index (χ1n) is 7.65. The molecule has 0 saturated heterocycles. The topological polar surface area (TPSA) is 96.3 Å². The summed E-state index contributed by atoms with van der Waals surface area (Å²) in [6, 6.07) is 11.1. The molecular formula is C18H16N4O3. The Balaban J connectivity index is 1.53. The summed E-state index contributed by atoms with van der Waals surface area (Å²) in [7, 11) is 0. The summed E-state index contributed by atoms with van der Waals surface area (Å²) in [5, 5.41) is 14.8. The van der Waals surface area contributed by atoms with Crippen molar-refractivity contribution in [3.8, 4) is 17.6 Å². The van der Waals surface area contributed by atoms with Gasteiger partial charge in [-0.3, -0.25) is 9.78 Å². The molecule has 3 rings (SSSR count). The lowest BCUT2D eigenvalue weighted by Crippen LogP contribution is -2.25. The zero-order valence-corrected chi connectivity index (χ0v) is 13.4. The maximum absolute atomic E-state index is 12.1. The highest BCUT2D eigenvalue weighted by molar-refractivity contribution is 5.97. The molecule has 7 nitrogen and oxygen atoms in total. The van der Waals surface area contributed by atoms with Crippen LogP contribution in [0.3, 0.4) is 0 Å². The van der Waals surface area contributed by atoms with E-state index in [0.717, 1.165) is 11.1 Å². The number of ether oxygens (including phenoxy) is 2. The molecule has 2 aromatic rings. The Bertz CT molecular complexity index is 828. The van der Waals surface area contributed by atoms with Gasteiger partial charge < -0.3 is 20.1 Å². The van der Waals surface area contributed by atoms with Gasteiger partial charge in [0.25, 0.3) is 5.91 Å². The number of hydrogen-bond acceptors (Lipinski definition) is 6. The van der Waals surface area contributed by atoms with Gasteiger partial charge in [0.05, 0.1) is 0 Å². The number of hydrogen-bond donors (Lipinski definition) is 2. The predicted octanol–water partition coefficient (Wildman–Crippen LogP) is 1.62. The van der Waals surface area contributed by atoms with Crippen LogP contribution in [0.25, 0.3) is 0 Å². The van der Waals surface area contributed by atoms with Gasteiger partial charge in [-0.1, -0.05) is 12.1 Å². The van der Waals surface area contributed by atoms with E-state index in [2.05, 4.69) is 15.6 Å². The van der Waals surface area contributed by atoms with Gasteiger partial charge in [0, 0.05) is 31.7 Å². The van der Waals surface area contributed by atoms with Crippen molar-refractivity contribution in [1.82, 2.24) is 15.6 Å². The molecule has 0 saturated carbocycles. The van der Waals surface area contributed by atoms with E-state index in [0.29, 0.717) is 18.0 Å². The quantitative estimate of drug-likeness (QED) is 0.615. The van der Waals surface area contributed by atoms with Crippen LogP contribution in [0.5, 0.6) is 11.5 Å². The van der Waals surface area contributed by atoms with E-state index in [1.807, 2.05) is 24.3 Å². The van der Waals surface area contributed by atoms with Gasteiger partial charge in [0.15, 0.2) is 11.5 Å². The number of fused-ring (bicyclic) bond motifs is 1. The predicted molar refractivity (Wildman–Crippen MR) is 89.2 cm³/mol. The van der Waals surface area contributed by atoms with Gasteiger partial charge >= 0.3 is 0 Å². The summed E-state index contributed by atoms with van der Waals surface area (Å²) < 4.78 is 10.5. The molecule has 0 radical (unpaired) electrons. The van der Waals surface area contributed by atoms with Crippen molar-refractivity contribution in [2.45, 2.75) is 13.1 Å². The maximum atomic E-state index is 12.1. The lowest BCUT2D eigenvalue weighted by atomic mass is 10.2. The lowest BCUT2D eigenvalue weighted by molar-refractivity contribution is -0.117. The first-order chi connectivity index (χ1) is 12.3. The molecule has 126 valence electrons. The van der Waals surface area contributed by atoms with Crippen LogP contribution in [0.1, 0.15) is 11.1 Å². The van der Waals surface area contributed by atoms with Crippen molar-refractivity contribution < 1.29 is 14.3 Å². The minimum absolute atomic E-state index is 0.00429. The standard InChI is InChI=1S/C18H16N4O3/c19-7-15(11-21-9-14-2-1-5-20-8-14)18(23)22-10-13-3-4-16-17(6-13)25-12-24-16/h1-6,8,11,21H,9-10,12H2,(H,22,23)/b15-11-. The van der Waals surface area contributed by atoms with E-state index in [1.54, 1.807) is 24.5 Å². The van der Waals surface area contributed by atoms with Crippen molar-refractivity contribution in [2.24, 2.45) is 0 Å².